The molecule has 0 aromatic carbocycles. The average molecular weight is 382 g/mol. The number of nitrogens with one attached hydrogen (secondary N) is 1. The van der Waals surface area contributed by atoms with Crippen LogP contribution in [0.5, 0.6) is 0 Å². The maximum absolute atomic E-state index is 11.2. The summed E-state index contributed by atoms with van der Waals surface area (Å²) in [5.74, 6) is -0.958. The minimum absolute atomic E-state index is 0.783. The summed E-state index contributed by atoms with van der Waals surface area (Å²) in [5.41, 5.74) is 0. The maximum Gasteiger partial charge on any atom is 0.397 e. The fourth-order valence-corrected chi connectivity index (χ4v) is 2.65. The monoisotopic (exact) mass is 382 g/mol. The zero-order chi connectivity index (χ0) is 18.7. The molecule has 0 saturated carbocycles. The highest BCUT2D eigenvalue weighted by molar-refractivity contribution is 7.81. The van der Waals surface area contributed by atoms with Gasteiger partial charge in [0.1, 0.15) is 24.4 Å². The van der Waals surface area contributed by atoms with Crippen LogP contribution in [0.1, 0.15) is 8.27 Å². The largest absolute Gasteiger partial charge is 0.397 e. The van der Waals surface area contributed by atoms with Gasteiger partial charge in [0, 0.05) is 8.27 Å². The molecule has 0 radical (unpaired) electrons. The molecular weight excluding hydrogens is 366 g/mol. The third-order valence-electron chi connectivity index (χ3n) is 2.63. The molecule has 0 aromatic rings. The van der Waals surface area contributed by atoms with Crippen LogP contribution in [-0.4, -0.2) is 79.3 Å². The number of carbonyl (C=O) groups excluding carboxylic acids is 1. The minimum Gasteiger partial charge on any atom is -0.388 e. The van der Waals surface area contributed by atoms with Gasteiger partial charge in [-0.05, 0) is 0 Å². The first-order chi connectivity index (χ1) is 10.8. The Morgan fingerprint density at radius 2 is 1.87 bits per heavy atom. The van der Waals surface area contributed by atoms with E-state index in [1.54, 1.807) is 0 Å². The third-order valence-corrected chi connectivity index (χ3v) is 3.53. The van der Waals surface area contributed by atoms with Gasteiger partial charge in [0.15, 0.2) is 6.29 Å². The molecule has 5 N–H and O–H groups in total. The molecule has 0 aromatic heterocycles. The fraction of sp³-hybridized carbons (Fsp3) is 0.875. The van der Waals surface area contributed by atoms with Crippen LogP contribution in [0.3, 0.4) is 0 Å². The smallest absolute Gasteiger partial charge is 0.388 e. The van der Waals surface area contributed by atoms with Crippen molar-refractivity contribution >= 4 is 26.7 Å². The van der Waals surface area contributed by atoms with Crippen molar-refractivity contribution in [1.29, 1.82) is 0 Å². The molecule has 23 heavy (non-hydrogen) atoms. The van der Waals surface area contributed by atoms with Crippen molar-refractivity contribution < 1.29 is 55.4 Å². The average Bonchev–Trinajstić information content (AvgIpc) is 2.42. The Morgan fingerprint density at radius 3 is 2.35 bits per heavy atom. The van der Waals surface area contributed by atoms with E-state index in [2.05, 4.69) is 8.37 Å². The number of amides is 1. The van der Waals surface area contributed by atoms with E-state index in [1.807, 2.05) is 5.32 Å². The summed E-state index contributed by atoms with van der Waals surface area (Å²) in [6.07, 6.45) is -7.77. The molecular formula is C8H15NO12S2. The van der Waals surface area contributed by atoms with Crippen molar-refractivity contribution in [1.82, 2.24) is 5.32 Å². The lowest BCUT2D eigenvalue weighted by atomic mass is 9.97. The van der Waals surface area contributed by atoms with E-state index < -0.39 is 70.9 Å². The number of aliphatic hydroxyl groups is 2. The Balaban J connectivity index is 3.01. The first-order valence-corrected chi connectivity index (χ1v) is 8.45. The second-order valence-corrected chi connectivity index (χ2v) is 6.49. The minimum atomic E-state index is -5.16. The highest BCUT2D eigenvalue weighted by Crippen LogP contribution is 2.24. The van der Waals surface area contributed by atoms with Crippen molar-refractivity contribution in [3.8, 4) is 0 Å². The van der Waals surface area contributed by atoms with Crippen LogP contribution in [0.2, 0.25) is 0 Å². The first kappa shape index (κ1) is 18.4. The van der Waals surface area contributed by atoms with Gasteiger partial charge >= 0.3 is 20.8 Å². The van der Waals surface area contributed by atoms with E-state index in [0.717, 1.165) is 0 Å². The summed E-state index contributed by atoms with van der Waals surface area (Å²) in [6, 6.07) is -1.66. The van der Waals surface area contributed by atoms with Gasteiger partial charge in [-0.25, -0.2) is 8.37 Å². The van der Waals surface area contributed by atoms with Gasteiger partial charge in [0.25, 0.3) is 0 Å². The van der Waals surface area contributed by atoms with E-state index in [9.17, 15) is 31.8 Å². The van der Waals surface area contributed by atoms with E-state index in [1.165, 1.54) is 0 Å². The third kappa shape index (κ3) is 6.61. The van der Waals surface area contributed by atoms with Crippen LogP contribution in [0.25, 0.3) is 0 Å². The highest BCUT2D eigenvalue weighted by Gasteiger charge is 2.48. The van der Waals surface area contributed by atoms with E-state index in [0.29, 0.717) is 0 Å². The summed E-state index contributed by atoms with van der Waals surface area (Å²) >= 11 is 0. The number of hydrogen-bond donors (Lipinski definition) is 5. The Hall–Kier alpha value is -0.910. The summed E-state index contributed by atoms with van der Waals surface area (Å²) in [7, 11) is -10.1. The summed E-state index contributed by atoms with van der Waals surface area (Å²) < 4.78 is 79.7. The van der Waals surface area contributed by atoms with Crippen molar-refractivity contribution in [3.63, 3.8) is 0 Å². The van der Waals surface area contributed by atoms with Gasteiger partial charge in [0.05, 0.1) is 6.61 Å². The molecule has 1 saturated heterocycles. The molecule has 0 aliphatic carbocycles. The highest BCUT2D eigenvalue weighted by atomic mass is 32.3. The fourth-order valence-electron chi connectivity index (χ4n) is 1.82. The molecule has 0 spiro atoms. The van der Waals surface area contributed by atoms with Gasteiger partial charge in [-0.3, -0.25) is 13.9 Å². The Labute approximate surface area is 132 Å². The summed E-state index contributed by atoms with van der Waals surface area (Å²) in [6.45, 7) is -1.87. The van der Waals surface area contributed by atoms with Gasteiger partial charge in [-0.15, -0.1) is 0 Å². The predicted octanol–water partition coefficient (Wildman–Crippen LogP) is -3.42. The molecule has 1 heterocycles. The van der Waals surface area contributed by atoms with Crippen molar-refractivity contribution in [2.24, 2.45) is 0 Å². The van der Waals surface area contributed by atoms with Crippen LogP contribution < -0.4 is 5.32 Å². The molecule has 1 unspecified atom stereocenters. The second-order valence-electron chi connectivity index (χ2n) is 4.35. The van der Waals surface area contributed by atoms with Crippen molar-refractivity contribution in [2.45, 2.75) is 37.5 Å². The van der Waals surface area contributed by atoms with Crippen LogP contribution >= 0.6 is 0 Å². The number of rotatable bonds is 6. The van der Waals surface area contributed by atoms with Gasteiger partial charge in [0.2, 0.25) is 5.91 Å². The maximum atomic E-state index is 11.2. The molecule has 5 atom stereocenters. The number of hydrogen-bond acceptors (Lipinski definition) is 10. The van der Waals surface area contributed by atoms with Crippen molar-refractivity contribution in [3.05, 3.63) is 0 Å². The quantitative estimate of drug-likeness (QED) is 0.285. The van der Waals surface area contributed by atoms with Crippen molar-refractivity contribution in [2.75, 3.05) is 6.61 Å². The predicted molar refractivity (Wildman–Crippen MR) is 68.4 cm³/mol. The molecule has 1 amide bonds. The lowest BCUT2D eigenvalue weighted by Crippen LogP contribution is -2.65. The molecule has 1 fully saturated rings. The van der Waals surface area contributed by atoms with E-state index >= 15 is 0 Å². The topological polar surface area (TPSA) is 206 Å². The van der Waals surface area contributed by atoms with Gasteiger partial charge < -0.3 is 20.3 Å². The zero-order valence-corrected chi connectivity index (χ0v) is 12.8. The summed E-state index contributed by atoms with van der Waals surface area (Å²) in [5, 5.41) is 21.7. The molecule has 13 nitrogen and oxygen atoms in total. The molecule has 0 bridgehead atoms. The Morgan fingerprint density at radius 1 is 1.26 bits per heavy atom. The molecule has 15 heteroatoms. The van der Waals surface area contributed by atoms with E-state index in [4.69, 9.17) is 15.2 Å². The lowest BCUT2D eigenvalue weighted by molar-refractivity contribution is -0.247. The SMILES string of the molecule is [2H]CC(=O)N[C@H]1C(O)O[C@H](COS(=O)(=O)O)[C@H](OS(=O)(=O)O)[C@@H]1O. The van der Waals surface area contributed by atoms with Crippen LogP contribution in [0, 0.1) is 0 Å². The molecule has 1 aliphatic heterocycles. The van der Waals surface area contributed by atoms with Gasteiger partial charge in [-0.2, -0.15) is 16.8 Å². The van der Waals surface area contributed by atoms with E-state index in [-0.39, 0.29) is 0 Å². The number of ether oxygens (including phenoxy) is 1. The van der Waals surface area contributed by atoms with Crippen LogP contribution in [0.4, 0.5) is 0 Å². The second kappa shape index (κ2) is 7.32. The number of carbonyl (C=O) groups is 1. The Kier molecular flexibility index (Phi) is 5.87. The normalized spacial score (nSPS) is 33.0. The zero-order valence-electron chi connectivity index (χ0n) is 12.2. The molecule has 1 rings (SSSR count). The lowest BCUT2D eigenvalue weighted by Gasteiger charge is -2.41. The van der Waals surface area contributed by atoms with Gasteiger partial charge in [-0.1, -0.05) is 0 Å². The standard InChI is InChI=1S/C8H15NO12S2/c1-3(10)9-5-6(11)7(21-23(16,17)18)4(20-8(5)12)2-19-22(13,14)15/h4-8,11-12H,2H2,1H3,(H,9,10)(H,13,14,15)(H,16,17,18)/t4-,5-,6-,7+,8?/m1/s1/i1D. The Bertz CT molecular complexity index is 650. The summed E-state index contributed by atoms with van der Waals surface area (Å²) in [4.78, 5) is 11.2. The molecule has 1 aliphatic rings. The van der Waals surface area contributed by atoms with Crippen LogP contribution in [-0.2, 0) is 38.7 Å². The van der Waals surface area contributed by atoms with Crippen LogP contribution in [0.15, 0.2) is 0 Å². The first-order valence-electron chi connectivity index (χ1n) is 6.42. The molecule has 136 valence electrons. The number of aliphatic hydroxyl groups excluding tert-OH is 2.